The molecule has 134 valence electrons. The third-order valence-electron chi connectivity index (χ3n) is 4.01. The molecule has 2 N–H and O–H groups in total. The van der Waals surface area contributed by atoms with Gasteiger partial charge in [0.25, 0.3) is 5.91 Å². The summed E-state index contributed by atoms with van der Waals surface area (Å²) in [5, 5.41) is 12.1. The zero-order valence-electron chi connectivity index (χ0n) is 13.5. The number of nitrogens with zero attached hydrogens (tertiary/aromatic N) is 1. The van der Waals surface area contributed by atoms with Crippen LogP contribution in [0.2, 0.25) is 0 Å². The van der Waals surface area contributed by atoms with E-state index in [1.165, 1.54) is 6.07 Å². The number of imide groups is 1. The number of likely N-dealkylation sites (tertiary alicyclic amines) is 1. The van der Waals surface area contributed by atoms with E-state index in [0.29, 0.717) is 17.7 Å². The van der Waals surface area contributed by atoms with Crippen LogP contribution in [-0.2, 0) is 16.1 Å². The number of nitrogens with one attached hydrogen (secondary N) is 1. The van der Waals surface area contributed by atoms with E-state index in [9.17, 15) is 28.3 Å². The van der Waals surface area contributed by atoms with E-state index in [2.05, 4.69) is 5.32 Å². The molecule has 0 atom stereocenters. The second-order valence-corrected chi connectivity index (χ2v) is 5.77. The van der Waals surface area contributed by atoms with Gasteiger partial charge in [0.05, 0.1) is 6.54 Å². The van der Waals surface area contributed by atoms with E-state index in [0.717, 1.165) is 4.90 Å². The number of hydrogen-bond acceptors (Lipinski definition) is 4. The standard InChI is InChI=1S/C18H14F2N2O4/c19-11-7-12(20)17(14(23)8-11)18(26)21-13-4-2-1-3-10(13)9-22-15(24)5-6-16(22)25/h1-4,7-8,23H,5-6,9H2,(H,21,26). The molecule has 0 saturated carbocycles. The molecule has 6 nitrogen and oxygen atoms in total. The molecule has 3 amide bonds. The van der Waals surface area contributed by atoms with Crippen LogP contribution in [-0.4, -0.2) is 27.7 Å². The topological polar surface area (TPSA) is 86.7 Å². The number of hydrogen-bond donors (Lipinski definition) is 2. The molecule has 1 fully saturated rings. The molecule has 3 rings (SSSR count). The summed E-state index contributed by atoms with van der Waals surface area (Å²) in [5.74, 6) is -4.64. The first-order valence-electron chi connectivity index (χ1n) is 7.77. The molecule has 1 heterocycles. The van der Waals surface area contributed by atoms with E-state index in [-0.39, 0.29) is 36.9 Å². The van der Waals surface area contributed by atoms with Crippen molar-refractivity contribution in [1.82, 2.24) is 4.90 Å². The Bertz CT molecular complexity index is 875. The average Bonchev–Trinajstić information content (AvgIpc) is 2.87. The molecule has 0 aliphatic carbocycles. The lowest BCUT2D eigenvalue weighted by atomic mass is 10.1. The third-order valence-corrected chi connectivity index (χ3v) is 4.01. The van der Waals surface area contributed by atoms with Crippen molar-refractivity contribution < 1.29 is 28.3 Å². The minimum Gasteiger partial charge on any atom is -0.507 e. The van der Waals surface area contributed by atoms with Crippen molar-refractivity contribution in [2.75, 3.05) is 5.32 Å². The Morgan fingerprint density at radius 1 is 1.12 bits per heavy atom. The van der Waals surface area contributed by atoms with Gasteiger partial charge in [0.2, 0.25) is 11.8 Å². The predicted molar refractivity (Wildman–Crippen MR) is 87.2 cm³/mol. The van der Waals surface area contributed by atoms with Crippen LogP contribution in [0.25, 0.3) is 0 Å². The number of rotatable bonds is 4. The van der Waals surface area contributed by atoms with E-state index in [1.54, 1.807) is 18.2 Å². The Kier molecular flexibility index (Phi) is 4.66. The third kappa shape index (κ3) is 3.39. The second-order valence-electron chi connectivity index (χ2n) is 5.77. The lowest BCUT2D eigenvalue weighted by Crippen LogP contribution is -2.29. The summed E-state index contributed by atoms with van der Waals surface area (Å²) in [4.78, 5) is 36.9. The SMILES string of the molecule is O=C(Nc1ccccc1CN1C(=O)CCC1=O)c1c(O)cc(F)cc1F. The number of carbonyl (C=O) groups excluding carboxylic acids is 3. The summed E-state index contributed by atoms with van der Waals surface area (Å²) in [6, 6.07) is 7.50. The number of anilines is 1. The van der Waals surface area contributed by atoms with Gasteiger partial charge >= 0.3 is 0 Å². The summed E-state index contributed by atoms with van der Waals surface area (Å²) in [6.07, 6.45) is 0.282. The van der Waals surface area contributed by atoms with Gasteiger partial charge in [-0.05, 0) is 11.6 Å². The van der Waals surface area contributed by atoms with Gasteiger partial charge in [-0.1, -0.05) is 18.2 Å². The van der Waals surface area contributed by atoms with Gasteiger partial charge in [0.1, 0.15) is 22.9 Å². The van der Waals surface area contributed by atoms with Crippen LogP contribution in [0.15, 0.2) is 36.4 Å². The highest BCUT2D eigenvalue weighted by Crippen LogP contribution is 2.26. The van der Waals surface area contributed by atoms with Crippen molar-refractivity contribution in [1.29, 1.82) is 0 Å². The fourth-order valence-corrected chi connectivity index (χ4v) is 2.72. The van der Waals surface area contributed by atoms with Crippen LogP contribution in [0.5, 0.6) is 5.75 Å². The van der Waals surface area contributed by atoms with Gasteiger partial charge in [0, 0.05) is 30.7 Å². The van der Waals surface area contributed by atoms with Crippen LogP contribution >= 0.6 is 0 Å². The maximum Gasteiger partial charge on any atom is 0.262 e. The number of benzene rings is 2. The maximum absolute atomic E-state index is 13.8. The number of halogens is 2. The normalized spacial score (nSPS) is 14.0. The molecule has 26 heavy (non-hydrogen) atoms. The molecular weight excluding hydrogens is 346 g/mol. The second kappa shape index (κ2) is 6.91. The Hall–Kier alpha value is -3.29. The molecule has 0 aromatic heterocycles. The van der Waals surface area contributed by atoms with Crippen LogP contribution in [0.1, 0.15) is 28.8 Å². The molecular formula is C18H14F2N2O4. The summed E-state index contributed by atoms with van der Waals surface area (Å²) in [6.45, 7) is -0.0357. The first-order chi connectivity index (χ1) is 12.4. The summed E-state index contributed by atoms with van der Waals surface area (Å²) < 4.78 is 26.9. The molecule has 0 spiro atoms. The molecule has 2 aromatic rings. The summed E-state index contributed by atoms with van der Waals surface area (Å²) in [5.41, 5.74) is 0.00844. The first-order valence-corrected chi connectivity index (χ1v) is 7.77. The lowest BCUT2D eigenvalue weighted by Gasteiger charge is -2.17. The summed E-state index contributed by atoms with van der Waals surface area (Å²) >= 11 is 0. The quantitative estimate of drug-likeness (QED) is 0.821. The zero-order chi connectivity index (χ0) is 18.8. The monoisotopic (exact) mass is 360 g/mol. The van der Waals surface area contributed by atoms with Gasteiger partial charge in [-0.25, -0.2) is 8.78 Å². The first kappa shape index (κ1) is 17.5. The molecule has 1 aliphatic heterocycles. The molecule has 8 heteroatoms. The van der Waals surface area contributed by atoms with E-state index in [1.807, 2.05) is 0 Å². The fourth-order valence-electron chi connectivity index (χ4n) is 2.72. The lowest BCUT2D eigenvalue weighted by molar-refractivity contribution is -0.139. The fraction of sp³-hybridized carbons (Fsp3) is 0.167. The Balaban J connectivity index is 1.86. The highest BCUT2D eigenvalue weighted by molar-refractivity contribution is 6.07. The largest absolute Gasteiger partial charge is 0.507 e. The van der Waals surface area contributed by atoms with Crippen molar-refractivity contribution in [3.8, 4) is 5.75 Å². The minimum absolute atomic E-state index is 0.0357. The smallest absolute Gasteiger partial charge is 0.262 e. The number of phenols is 1. The molecule has 1 saturated heterocycles. The maximum atomic E-state index is 13.8. The van der Waals surface area contributed by atoms with Crippen molar-refractivity contribution in [2.24, 2.45) is 0 Å². The van der Waals surface area contributed by atoms with Gasteiger partial charge < -0.3 is 10.4 Å². The predicted octanol–water partition coefficient (Wildman–Crippen LogP) is 2.57. The van der Waals surface area contributed by atoms with Crippen LogP contribution in [0.4, 0.5) is 14.5 Å². The summed E-state index contributed by atoms with van der Waals surface area (Å²) in [7, 11) is 0. The number of aromatic hydroxyl groups is 1. The van der Waals surface area contributed by atoms with Gasteiger partial charge in [-0.15, -0.1) is 0 Å². The van der Waals surface area contributed by atoms with E-state index in [4.69, 9.17) is 0 Å². The van der Waals surface area contributed by atoms with E-state index >= 15 is 0 Å². The van der Waals surface area contributed by atoms with Gasteiger partial charge in [0.15, 0.2) is 0 Å². The number of phenolic OH excluding ortho intramolecular Hbond substituents is 1. The van der Waals surface area contributed by atoms with Crippen molar-refractivity contribution in [2.45, 2.75) is 19.4 Å². The number of amides is 3. The zero-order valence-corrected chi connectivity index (χ0v) is 13.5. The Labute approximate surface area is 147 Å². The van der Waals surface area contributed by atoms with Crippen molar-refractivity contribution in [3.05, 3.63) is 59.2 Å². The molecule has 0 unspecified atom stereocenters. The molecule has 2 aromatic carbocycles. The van der Waals surface area contributed by atoms with Crippen molar-refractivity contribution in [3.63, 3.8) is 0 Å². The van der Waals surface area contributed by atoms with Gasteiger partial charge in [-0.3, -0.25) is 19.3 Å². The Morgan fingerprint density at radius 2 is 1.77 bits per heavy atom. The van der Waals surface area contributed by atoms with Crippen LogP contribution in [0, 0.1) is 11.6 Å². The van der Waals surface area contributed by atoms with Crippen LogP contribution in [0.3, 0.4) is 0 Å². The van der Waals surface area contributed by atoms with Crippen molar-refractivity contribution >= 4 is 23.4 Å². The van der Waals surface area contributed by atoms with Gasteiger partial charge in [-0.2, -0.15) is 0 Å². The molecule has 1 aliphatic rings. The minimum atomic E-state index is -1.21. The average molecular weight is 360 g/mol. The highest BCUT2D eigenvalue weighted by atomic mass is 19.1. The molecule has 0 radical (unpaired) electrons. The highest BCUT2D eigenvalue weighted by Gasteiger charge is 2.29. The van der Waals surface area contributed by atoms with Crippen LogP contribution < -0.4 is 5.32 Å². The molecule has 0 bridgehead atoms. The number of carbonyl (C=O) groups is 3. The number of para-hydroxylation sites is 1. The Morgan fingerprint density at radius 3 is 2.42 bits per heavy atom. The van der Waals surface area contributed by atoms with E-state index < -0.39 is 28.9 Å².